The second-order valence-electron chi connectivity index (χ2n) is 7.36. The lowest BCUT2D eigenvalue weighted by Gasteiger charge is -2.23. The summed E-state index contributed by atoms with van der Waals surface area (Å²) in [4.78, 5) is 27.5. The Morgan fingerprint density at radius 1 is 0.970 bits per heavy atom. The molecule has 0 bridgehead atoms. The molecule has 33 heavy (non-hydrogen) atoms. The van der Waals surface area contributed by atoms with E-state index in [1.807, 2.05) is 12.1 Å². The molecule has 1 aromatic heterocycles. The van der Waals surface area contributed by atoms with Crippen LogP contribution in [0.2, 0.25) is 0 Å². The van der Waals surface area contributed by atoms with E-state index in [-0.39, 0.29) is 23.4 Å². The van der Waals surface area contributed by atoms with Crippen molar-refractivity contribution in [3.05, 3.63) is 83.3 Å². The van der Waals surface area contributed by atoms with E-state index in [0.29, 0.717) is 23.0 Å². The molecule has 0 spiro atoms. The van der Waals surface area contributed by atoms with Crippen molar-refractivity contribution in [3.63, 3.8) is 0 Å². The van der Waals surface area contributed by atoms with Crippen molar-refractivity contribution >= 4 is 17.4 Å². The zero-order chi connectivity index (χ0) is 23.5. The number of ether oxygens (including phenoxy) is 3. The van der Waals surface area contributed by atoms with E-state index in [2.05, 4.69) is 0 Å². The van der Waals surface area contributed by atoms with Crippen LogP contribution in [0.5, 0.6) is 17.2 Å². The Labute approximate surface area is 190 Å². The molecule has 8 nitrogen and oxygen atoms in total. The predicted molar refractivity (Wildman–Crippen MR) is 119 cm³/mol. The van der Waals surface area contributed by atoms with Crippen molar-refractivity contribution in [1.82, 2.24) is 4.90 Å². The zero-order valence-corrected chi connectivity index (χ0v) is 18.4. The van der Waals surface area contributed by atoms with Crippen molar-refractivity contribution in [3.8, 4) is 17.2 Å². The molecule has 4 rings (SSSR count). The molecule has 0 saturated carbocycles. The second-order valence-corrected chi connectivity index (χ2v) is 7.36. The number of furan rings is 1. The molecule has 170 valence electrons. The summed E-state index contributed by atoms with van der Waals surface area (Å²) in [6.45, 7) is 0.135. The lowest BCUT2D eigenvalue weighted by atomic mass is 9.98. The van der Waals surface area contributed by atoms with Gasteiger partial charge in [-0.2, -0.15) is 0 Å². The molecule has 1 saturated heterocycles. The second kappa shape index (κ2) is 9.12. The number of likely N-dealkylation sites (tertiary alicyclic amines) is 1. The van der Waals surface area contributed by atoms with Crippen LogP contribution in [-0.4, -0.2) is 43.0 Å². The van der Waals surface area contributed by atoms with Gasteiger partial charge in [-0.25, -0.2) is 0 Å². The summed E-state index contributed by atoms with van der Waals surface area (Å²) < 4.78 is 21.3. The molecule has 1 unspecified atom stereocenters. The van der Waals surface area contributed by atoms with Crippen molar-refractivity contribution in [2.75, 3.05) is 21.3 Å². The largest absolute Gasteiger partial charge is 0.507 e. The van der Waals surface area contributed by atoms with E-state index in [9.17, 15) is 14.7 Å². The molecule has 2 heterocycles. The van der Waals surface area contributed by atoms with Gasteiger partial charge in [0.25, 0.3) is 11.7 Å². The molecular weight excluding hydrogens is 426 g/mol. The van der Waals surface area contributed by atoms with E-state index in [1.54, 1.807) is 49.6 Å². The van der Waals surface area contributed by atoms with Gasteiger partial charge in [0.2, 0.25) is 0 Å². The summed E-state index contributed by atoms with van der Waals surface area (Å²) in [5, 5.41) is 11.2. The van der Waals surface area contributed by atoms with Gasteiger partial charge in [-0.3, -0.25) is 9.59 Å². The lowest BCUT2D eigenvalue weighted by molar-refractivity contribution is -0.140. The van der Waals surface area contributed by atoms with Crippen molar-refractivity contribution < 1.29 is 33.3 Å². The number of aliphatic hydroxyl groups excluding tert-OH is 1. The van der Waals surface area contributed by atoms with Gasteiger partial charge in [0, 0.05) is 12.6 Å². The van der Waals surface area contributed by atoms with Gasteiger partial charge >= 0.3 is 0 Å². The number of hydrogen-bond donors (Lipinski definition) is 1. The monoisotopic (exact) mass is 449 g/mol. The summed E-state index contributed by atoms with van der Waals surface area (Å²) in [6, 6.07) is 14.4. The minimum Gasteiger partial charge on any atom is -0.507 e. The smallest absolute Gasteiger partial charge is 0.296 e. The van der Waals surface area contributed by atoms with E-state index in [0.717, 1.165) is 5.56 Å². The summed E-state index contributed by atoms with van der Waals surface area (Å²) >= 11 is 0. The van der Waals surface area contributed by atoms with Gasteiger partial charge in [-0.1, -0.05) is 12.1 Å². The van der Waals surface area contributed by atoms with Crippen LogP contribution in [0.1, 0.15) is 22.9 Å². The molecule has 1 N–H and O–H groups in total. The minimum atomic E-state index is -0.908. The third kappa shape index (κ3) is 4.03. The maximum atomic E-state index is 13.1. The van der Waals surface area contributed by atoms with Crippen molar-refractivity contribution in [2.45, 2.75) is 12.6 Å². The van der Waals surface area contributed by atoms with E-state index < -0.39 is 17.7 Å². The number of carbonyl (C=O) groups excluding carboxylic acids is 2. The number of benzene rings is 2. The van der Waals surface area contributed by atoms with Crippen LogP contribution >= 0.6 is 0 Å². The van der Waals surface area contributed by atoms with Crippen LogP contribution < -0.4 is 14.2 Å². The zero-order valence-electron chi connectivity index (χ0n) is 18.4. The molecular formula is C25H23NO7. The Bertz CT molecular complexity index is 1200. The van der Waals surface area contributed by atoms with Gasteiger partial charge in [-0.15, -0.1) is 0 Å². The van der Waals surface area contributed by atoms with Gasteiger partial charge < -0.3 is 28.6 Å². The fourth-order valence-electron chi connectivity index (χ4n) is 3.85. The van der Waals surface area contributed by atoms with Gasteiger partial charge in [0.1, 0.15) is 34.8 Å². The average Bonchev–Trinajstić information content (AvgIpc) is 3.46. The highest BCUT2D eigenvalue weighted by atomic mass is 16.5. The standard InChI is InChI=1S/C25H23NO7/c1-30-16-8-6-15(7-9-16)14-26-22(19-5-4-12-33-19)21(24(28)25(26)29)23(27)18-11-10-17(31-2)13-20(18)32-3/h4-13,22,27H,14H2,1-3H3/b23-21-. The van der Waals surface area contributed by atoms with E-state index >= 15 is 0 Å². The summed E-state index contributed by atoms with van der Waals surface area (Å²) in [5.41, 5.74) is 0.973. The Morgan fingerprint density at radius 3 is 2.27 bits per heavy atom. The number of Topliss-reactive ketones (excluding diaryl/α,β-unsaturated/α-hetero) is 1. The first-order valence-corrected chi connectivity index (χ1v) is 10.2. The van der Waals surface area contributed by atoms with Crippen molar-refractivity contribution in [1.29, 1.82) is 0 Å². The van der Waals surface area contributed by atoms with E-state index in [4.69, 9.17) is 18.6 Å². The fourth-order valence-corrected chi connectivity index (χ4v) is 3.85. The molecule has 0 aliphatic carbocycles. The van der Waals surface area contributed by atoms with Gasteiger partial charge in [0.15, 0.2) is 0 Å². The Balaban J connectivity index is 1.82. The molecule has 1 amide bonds. The quantitative estimate of drug-likeness (QED) is 0.332. The highest BCUT2D eigenvalue weighted by molar-refractivity contribution is 6.46. The van der Waals surface area contributed by atoms with Crippen molar-refractivity contribution in [2.24, 2.45) is 0 Å². The highest BCUT2D eigenvalue weighted by Crippen LogP contribution is 2.42. The van der Waals surface area contributed by atoms with E-state index in [1.165, 1.54) is 25.4 Å². The first-order chi connectivity index (χ1) is 16.0. The number of rotatable bonds is 7. The number of ketones is 1. The van der Waals surface area contributed by atoms with Crippen LogP contribution in [-0.2, 0) is 16.1 Å². The maximum absolute atomic E-state index is 13.1. The third-order valence-corrected chi connectivity index (χ3v) is 5.53. The molecule has 8 heteroatoms. The molecule has 3 aromatic rings. The SMILES string of the molecule is COc1ccc(CN2C(=O)C(=O)/C(=C(\O)c3ccc(OC)cc3OC)C2c2ccco2)cc1. The summed E-state index contributed by atoms with van der Waals surface area (Å²) in [6.07, 6.45) is 1.46. The molecule has 1 aliphatic rings. The van der Waals surface area contributed by atoms with Crippen LogP contribution in [0.3, 0.4) is 0 Å². The van der Waals surface area contributed by atoms with Crippen LogP contribution in [0, 0.1) is 0 Å². The summed E-state index contributed by atoms with van der Waals surface area (Å²) in [7, 11) is 4.52. The lowest BCUT2D eigenvalue weighted by Crippen LogP contribution is -2.29. The fraction of sp³-hybridized carbons (Fsp3) is 0.200. The molecule has 2 aromatic carbocycles. The molecule has 1 aliphatic heterocycles. The topological polar surface area (TPSA) is 98.4 Å². The third-order valence-electron chi connectivity index (χ3n) is 5.53. The molecule has 1 fully saturated rings. The first kappa shape index (κ1) is 22.0. The maximum Gasteiger partial charge on any atom is 0.296 e. The predicted octanol–water partition coefficient (Wildman–Crippen LogP) is 3.93. The first-order valence-electron chi connectivity index (χ1n) is 10.2. The normalized spacial score (nSPS) is 17.3. The summed E-state index contributed by atoms with van der Waals surface area (Å²) in [5.74, 6) is -0.0444. The van der Waals surface area contributed by atoms with Gasteiger partial charge in [-0.05, 0) is 42.0 Å². The number of amides is 1. The number of hydrogen-bond acceptors (Lipinski definition) is 7. The Hall–Kier alpha value is -4.20. The Morgan fingerprint density at radius 2 is 1.67 bits per heavy atom. The highest BCUT2D eigenvalue weighted by Gasteiger charge is 2.47. The molecule has 1 atom stereocenters. The number of nitrogens with zero attached hydrogens (tertiary/aromatic N) is 1. The number of methoxy groups -OCH3 is 3. The number of aliphatic hydroxyl groups is 1. The molecule has 0 radical (unpaired) electrons. The Kier molecular flexibility index (Phi) is 6.08. The van der Waals surface area contributed by atoms with Crippen LogP contribution in [0.25, 0.3) is 5.76 Å². The average molecular weight is 449 g/mol. The van der Waals surface area contributed by atoms with Crippen LogP contribution in [0.15, 0.2) is 70.9 Å². The van der Waals surface area contributed by atoms with Gasteiger partial charge in [0.05, 0.1) is 38.7 Å². The minimum absolute atomic E-state index is 0.0769. The number of carbonyl (C=O) groups is 2. The van der Waals surface area contributed by atoms with Crippen LogP contribution in [0.4, 0.5) is 0 Å².